The summed E-state index contributed by atoms with van der Waals surface area (Å²) in [6, 6.07) is 16.3. The summed E-state index contributed by atoms with van der Waals surface area (Å²) in [5, 5.41) is 4.22. The number of rotatable bonds is 8. The van der Waals surface area contributed by atoms with E-state index in [2.05, 4.69) is 21.8 Å². The van der Waals surface area contributed by atoms with Crippen LogP contribution in [0.2, 0.25) is 0 Å². The minimum Gasteiger partial charge on any atom is -0.391 e. The van der Waals surface area contributed by atoms with Crippen molar-refractivity contribution in [3.05, 3.63) is 70.8 Å². The molecule has 2 atom stereocenters. The van der Waals surface area contributed by atoms with Gasteiger partial charge in [-0.05, 0) is 55.7 Å². The molecule has 0 heterocycles. The molecule has 2 aromatic rings. The van der Waals surface area contributed by atoms with E-state index in [9.17, 15) is 4.57 Å². The highest BCUT2D eigenvalue weighted by Gasteiger charge is 2.38. The standard InChI is InChI=1S/C22H29N2O5P/c1-16-3-5-18(6-4-16)14-28-24-17(2)19-7-9-20(10-8-19)21-11-12-22(23,13-21)15-29-30(25,26)27/h3-10,21H,11-15,23H2,1-2H3,(H2,25,26,27)/t21-,22-/m1/s1. The first-order valence-electron chi connectivity index (χ1n) is 9.95. The fraction of sp³-hybridized carbons (Fsp3) is 0.409. The van der Waals surface area contributed by atoms with E-state index in [4.69, 9.17) is 20.4 Å². The number of phosphoric acid groups is 1. The van der Waals surface area contributed by atoms with Crippen LogP contribution in [0.25, 0.3) is 0 Å². The molecule has 0 amide bonds. The van der Waals surface area contributed by atoms with E-state index < -0.39 is 13.4 Å². The Morgan fingerprint density at radius 1 is 1.20 bits per heavy atom. The Hall–Kier alpha value is -2.02. The van der Waals surface area contributed by atoms with Gasteiger partial charge in [-0.15, -0.1) is 0 Å². The van der Waals surface area contributed by atoms with Gasteiger partial charge < -0.3 is 20.4 Å². The van der Waals surface area contributed by atoms with Crippen LogP contribution in [0.3, 0.4) is 0 Å². The molecule has 7 nitrogen and oxygen atoms in total. The predicted molar refractivity (Wildman–Crippen MR) is 116 cm³/mol. The molecule has 0 aromatic heterocycles. The highest BCUT2D eigenvalue weighted by molar-refractivity contribution is 7.46. The van der Waals surface area contributed by atoms with Gasteiger partial charge in [-0.3, -0.25) is 4.52 Å². The average molecular weight is 432 g/mol. The van der Waals surface area contributed by atoms with E-state index in [0.29, 0.717) is 19.4 Å². The number of nitrogens with zero attached hydrogens (tertiary/aromatic N) is 1. The molecule has 0 bridgehead atoms. The van der Waals surface area contributed by atoms with Gasteiger partial charge in [0, 0.05) is 5.54 Å². The molecule has 0 radical (unpaired) electrons. The van der Waals surface area contributed by atoms with E-state index in [1.807, 2.05) is 50.2 Å². The van der Waals surface area contributed by atoms with Crippen molar-refractivity contribution in [3.63, 3.8) is 0 Å². The molecule has 8 heteroatoms. The minimum atomic E-state index is -4.51. The van der Waals surface area contributed by atoms with Crippen LogP contribution in [0, 0.1) is 6.92 Å². The van der Waals surface area contributed by atoms with Crippen molar-refractivity contribution in [2.24, 2.45) is 10.9 Å². The van der Waals surface area contributed by atoms with Crippen LogP contribution in [0.4, 0.5) is 0 Å². The molecule has 4 N–H and O–H groups in total. The molecular weight excluding hydrogens is 403 g/mol. The Labute approximate surface area is 177 Å². The Morgan fingerprint density at radius 2 is 1.87 bits per heavy atom. The quantitative estimate of drug-likeness (QED) is 0.330. The molecule has 0 saturated heterocycles. The molecule has 1 aliphatic carbocycles. The zero-order chi connectivity index (χ0) is 21.8. The molecule has 1 saturated carbocycles. The molecule has 0 unspecified atom stereocenters. The first-order valence-corrected chi connectivity index (χ1v) is 11.5. The molecule has 1 fully saturated rings. The highest BCUT2D eigenvalue weighted by atomic mass is 31.2. The van der Waals surface area contributed by atoms with Gasteiger partial charge in [0.05, 0.1) is 12.3 Å². The van der Waals surface area contributed by atoms with Gasteiger partial charge in [0.25, 0.3) is 0 Å². The minimum absolute atomic E-state index is 0.143. The highest BCUT2D eigenvalue weighted by Crippen LogP contribution is 2.43. The third-order valence-corrected chi connectivity index (χ3v) is 5.98. The van der Waals surface area contributed by atoms with Crippen LogP contribution in [-0.2, 0) is 20.5 Å². The Morgan fingerprint density at radius 3 is 2.50 bits per heavy atom. The van der Waals surface area contributed by atoms with Crippen molar-refractivity contribution in [2.75, 3.05) is 6.61 Å². The van der Waals surface area contributed by atoms with E-state index in [1.165, 1.54) is 5.56 Å². The summed E-state index contributed by atoms with van der Waals surface area (Å²) >= 11 is 0. The SMILES string of the molecule is CC(=NOCc1ccc(C)cc1)c1ccc([C@@H]2CC[C@](N)(COP(=O)(O)O)C2)cc1. The molecule has 162 valence electrons. The topological polar surface area (TPSA) is 114 Å². The largest absolute Gasteiger partial charge is 0.469 e. The van der Waals surface area contributed by atoms with Crippen molar-refractivity contribution in [2.45, 2.75) is 51.2 Å². The Kier molecular flexibility index (Phi) is 7.11. The molecule has 1 aliphatic rings. The van der Waals surface area contributed by atoms with Crippen molar-refractivity contribution in [1.82, 2.24) is 0 Å². The zero-order valence-corrected chi connectivity index (χ0v) is 18.2. The van der Waals surface area contributed by atoms with Crippen LogP contribution < -0.4 is 5.73 Å². The lowest BCUT2D eigenvalue weighted by Crippen LogP contribution is -2.41. The van der Waals surface area contributed by atoms with Crippen molar-refractivity contribution in [3.8, 4) is 0 Å². The van der Waals surface area contributed by atoms with Gasteiger partial charge in [-0.2, -0.15) is 0 Å². The first-order chi connectivity index (χ1) is 14.1. The van der Waals surface area contributed by atoms with Gasteiger partial charge in [0.1, 0.15) is 6.61 Å². The number of hydrogen-bond acceptors (Lipinski definition) is 5. The smallest absolute Gasteiger partial charge is 0.391 e. The molecule has 3 rings (SSSR count). The first kappa shape index (κ1) is 22.7. The number of aryl methyl sites for hydroxylation is 1. The summed E-state index contributed by atoms with van der Waals surface area (Å²) in [6.45, 7) is 4.23. The number of phosphoric ester groups is 1. The lowest BCUT2D eigenvalue weighted by atomic mass is 9.93. The maximum absolute atomic E-state index is 10.9. The fourth-order valence-corrected chi connectivity index (χ4v) is 4.15. The van der Waals surface area contributed by atoms with Crippen molar-refractivity contribution < 1.29 is 23.7 Å². The summed E-state index contributed by atoms with van der Waals surface area (Å²) < 4.78 is 15.6. The second-order valence-electron chi connectivity index (χ2n) is 8.12. The maximum atomic E-state index is 10.9. The Balaban J connectivity index is 1.55. The average Bonchev–Trinajstić information content (AvgIpc) is 3.10. The molecule has 2 aromatic carbocycles. The third kappa shape index (κ3) is 6.49. The monoisotopic (exact) mass is 432 g/mol. The van der Waals surface area contributed by atoms with Crippen LogP contribution >= 0.6 is 7.82 Å². The van der Waals surface area contributed by atoms with Crippen molar-refractivity contribution >= 4 is 13.5 Å². The van der Waals surface area contributed by atoms with E-state index in [1.54, 1.807) is 0 Å². The molecule has 0 spiro atoms. The van der Waals surface area contributed by atoms with E-state index in [0.717, 1.165) is 28.8 Å². The van der Waals surface area contributed by atoms with Gasteiger partial charge in [-0.1, -0.05) is 59.3 Å². The summed E-state index contributed by atoms with van der Waals surface area (Å²) in [6.07, 6.45) is 2.14. The number of oxime groups is 1. The van der Waals surface area contributed by atoms with E-state index in [-0.39, 0.29) is 12.5 Å². The van der Waals surface area contributed by atoms with Gasteiger partial charge >= 0.3 is 7.82 Å². The van der Waals surface area contributed by atoms with Gasteiger partial charge in [-0.25, -0.2) is 4.57 Å². The second-order valence-corrected chi connectivity index (χ2v) is 9.36. The summed E-state index contributed by atoms with van der Waals surface area (Å²) in [7, 11) is -4.51. The number of nitrogens with two attached hydrogens (primary N) is 1. The Bertz CT molecular complexity index is 924. The number of benzene rings is 2. The van der Waals surface area contributed by atoms with Crippen LogP contribution in [0.1, 0.15) is 54.4 Å². The van der Waals surface area contributed by atoms with Gasteiger partial charge in [0.2, 0.25) is 0 Å². The van der Waals surface area contributed by atoms with Gasteiger partial charge in [0.15, 0.2) is 0 Å². The normalized spacial score (nSPS) is 22.3. The second kappa shape index (κ2) is 9.41. The lowest BCUT2D eigenvalue weighted by molar-refractivity contribution is 0.130. The van der Waals surface area contributed by atoms with Crippen molar-refractivity contribution in [1.29, 1.82) is 0 Å². The molecule has 0 aliphatic heterocycles. The molecular formula is C22H29N2O5P. The summed E-state index contributed by atoms with van der Waals surface area (Å²) in [5.74, 6) is 0.236. The van der Waals surface area contributed by atoms with Crippen LogP contribution in [0.15, 0.2) is 53.7 Å². The van der Waals surface area contributed by atoms with Crippen LogP contribution in [0.5, 0.6) is 0 Å². The third-order valence-electron chi connectivity index (χ3n) is 5.52. The lowest BCUT2D eigenvalue weighted by Gasteiger charge is -2.24. The molecule has 30 heavy (non-hydrogen) atoms. The number of hydrogen-bond donors (Lipinski definition) is 3. The van der Waals surface area contributed by atoms with E-state index >= 15 is 0 Å². The van der Waals surface area contributed by atoms with Crippen LogP contribution in [-0.4, -0.2) is 27.6 Å². The fourth-order valence-electron chi connectivity index (χ4n) is 3.72. The zero-order valence-electron chi connectivity index (χ0n) is 17.3. The predicted octanol–water partition coefficient (Wildman–Crippen LogP) is 4.01. The summed E-state index contributed by atoms with van der Waals surface area (Å²) in [4.78, 5) is 23.3. The summed E-state index contributed by atoms with van der Waals surface area (Å²) in [5.41, 5.74) is 10.8. The maximum Gasteiger partial charge on any atom is 0.469 e.